The molecular weight excluding hydrogens is 207 g/mol. The molecule has 3 heteroatoms. The molecule has 71 valence electrons. The van der Waals surface area contributed by atoms with E-state index in [0.29, 0.717) is 15.8 Å². The molecule has 1 radical (unpaired) electrons. The lowest BCUT2D eigenvalue weighted by Crippen LogP contribution is -1.91. The topological polar surface area (TPSA) is 9.23 Å². The molecule has 0 N–H and O–H groups in total. The molecule has 1 nitrogen and oxygen atoms in total. The molecule has 0 atom stereocenters. The molecule has 0 unspecified atom stereocenters. The van der Waals surface area contributed by atoms with Gasteiger partial charge < -0.3 is 4.74 Å². The van der Waals surface area contributed by atoms with Crippen LogP contribution in [0.1, 0.15) is 19.4 Å². The van der Waals surface area contributed by atoms with E-state index >= 15 is 0 Å². The van der Waals surface area contributed by atoms with Crippen LogP contribution in [0.2, 0.25) is 10.0 Å². The van der Waals surface area contributed by atoms with Crippen LogP contribution < -0.4 is 4.74 Å². The van der Waals surface area contributed by atoms with E-state index in [9.17, 15) is 0 Å². The monoisotopic (exact) mass is 217 g/mol. The van der Waals surface area contributed by atoms with Crippen LogP contribution in [0.4, 0.5) is 0 Å². The van der Waals surface area contributed by atoms with Gasteiger partial charge in [-0.3, -0.25) is 0 Å². The summed E-state index contributed by atoms with van der Waals surface area (Å²) in [5, 5.41) is 1.09. The summed E-state index contributed by atoms with van der Waals surface area (Å²) in [4.78, 5) is 0. The lowest BCUT2D eigenvalue weighted by Gasteiger charge is -2.10. The van der Waals surface area contributed by atoms with Crippen LogP contribution in [0, 0.1) is 5.92 Å². The minimum absolute atomic E-state index is 0.535. The molecule has 0 amide bonds. The first-order chi connectivity index (χ1) is 6.06. The largest absolute Gasteiger partial charge is 0.494 e. The van der Waals surface area contributed by atoms with Crippen molar-refractivity contribution in [2.75, 3.05) is 7.11 Å². The van der Waals surface area contributed by atoms with E-state index < -0.39 is 0 Å². The number of hydrogen-bond acceptors (Lipinski definition) is 1. The molecule has 1 aromatic rings. The zero-order chi connectivity index (χ0) is 10.0. The van der Waals surface area contributed by atoms with Crippen LogP contribution in [0.15, 0.2) is 12.1 Å². The maximum absolute atomic E-state index is 5.96. The average molecular weight is 218 g/mol. The van der Waals surface area contributed by atoms with Crippen molar-refractivity contribution in [2.24, 2.45) is 0 Å². The van der Waals surface area contributed by atoms with Gasteiger partial charge in [-0.15, -0.1) is 0 Å². The summed E-state index contributed by atoms with van der Waals surface area (Å²) in [5.41, 5.74) is 1.04. The Bertz CT molecular complexity index is 285. The summed E-state index contributed by atoms with van der Waals surface area (Å²) in [5.74, 6) is 1.71. The van der Waals surface area contributed by atoms with E-state index in [1.54, 1.807) is 7.11 Å². The normalized spacial score (nSPS) is 10.6. The van der Waals surface area contributed by atoms with Crippen molar-refractivity contribution >= 4 is 23.2 Å². The molecule has 0 aliphatic heterocycles. The van der Waals surface area contributed by atoms with Crippen LogP contribution in [0.5, 0.6) is 5.75 Å². The Morgan fingerprint density at radius 2 is 1.62 bits per heavy atom. The van der Waals surface area contributed by atoms with Gasteiger partial charge >= 0.3 is 0 Å². The van der Waals surface area contributed by atoms with E-state index in [1.807, 2.05) is 26.0 Å². The van der Waals surface area contributed by atoms with E-state index in [4.69, 9.17) is 27.9 Å². The lowest BCUT2D eigenvalue weighted by molar-refractivity contribution is 0.415. The highest BCUT2D eigenvalue weighted by Gasteiger charge is 2.10. The van der Waals surface area contributed by atoms with E-state index in [2.05, 4.69) is 0 Å². The summed E-state index contributed by atoms with van der Waals surface area (Å²) < 4.78 is 5.04. The first-order valence-electron chi connectivity index (χ1n) is 3.90. The molecule has 0 spiro atoms. The summed E-state index contributed by atoms with van der Waals surface area (Å²) in [6, 6.07) is 3.70. The summed E-state index contributed by atoms with van der Waals surface area (Å²) >= 11 is 11.9. The number of benzene rings is 1. The average Bonchev–Trinajstić information content (AvgIpc) is 2.03. The van der Waals surface area contributed by atoms with Crippen molar-refractivity contribution < 1.29 is 4.74 Å². The maximum atomic E-state index is 5.96. The highest BCUT2D eigenvalue weighted by molar-refractivity contribution is 6.37. The van der Waals surface area contributed by atoms with Gasteiger partial charge in [0.2, 0.25) is 0 Å². The second-order valence-electron chi connectivity index (χ2n) is 2.97. The molecule has 0 saturated heterocycles. The Morgan fingerprint density at radius 1 is 1.15 bits per heavy atom. The first-order valence-corrected chi connectivity index (χ1v) is 4.65. The van der Waals surface area contributed by atoms with Crippen molar-refractivity contribution in [3.63, 3.8) is 0 Å². The van der Waals surface area contributed by atoms with Gasteiger partial charge in [-0.2, -0.15) is 0 Å². The van der Waals surface area contributed by atoms with Gasteiger partial charge in [-0.25, -0.2) is 0 Å². The molecule has 1 rings (SSSR count). The van der Waals surface area contributed by atoms with E-state index in [-0.39, 0.29) is 0 Å². The minimum Gasteiger partial charge on any atom is -0.494 e. The van der Waals surface area contributed by atoms with Gasteiger partial charge in [0.1, 0.15) is 0 Å². The number of methoxy groups -OCH3 is 1. The van der Waals surface area contributed by atoms with Gasteiger partial charge in [0.25, 0.3) is 0 Å². The quantitative estimate of drug-likeness (QED) is 0.729. The number of hydrogen-bond donors (Lipinski definition) is 0. The Labute approximate surface area is 88.6 Å². The highest BCUT2D eigenvalue weighted by atomic mass is 35.5. The van der Waals surface area contributed by atoms with Crippen LogP contribution in [0.25, 0.3) is 0 Å². The third kappa shape index (κ3) is 2.29. The molecule has 0 saturated carbocycles. The van der Waals surface area contributed by atoms with Crippen LogP contribution in [-0.4, -0.2) is 7.11 Å². The van der Waals surface area contributed by atoms with Gasteiger partial charge in [0.05, 0.1) is 17.2 Å². The second kappa shape index (κ2) is 4.21. The molecule has 0 fully saturated rings. The van der Waals surface area contributed by atoms with E-state index in [0.717, 1.165) is 5.56 Å². The predicted octanol–water partition coefficient (Wildman–Crippen LogP) is 3.96. The lowest BCUT2D eigenvalue weighted by atomic mass is 10.0. The molecule has 0 aliphatic carbocycles. The predicted molar refractivity (Wildman–Crippen MR) is 56.7 cm³/mol. The Hall–Kier alpha value is -0.400. The molecule has 13 heavy (non-hydrogen) atoms. The Kier molecular flexibility index (Phi) is 3.46. The van der Waals surface area contributed by atoms with Crippen molar-refractivity contribution in [2.45, 2.75) is 13.8 Å². The van der Waals surface area contributed by atoms with Crippen molar-refractivity contribution in [3.05, 3.63) is 33.7 Å². The van der Waals surface area contributed by atoms with Crippen LogP contribution in [-0.2, 0) is 0 Å². The molecular formula is C10H11Cl2O. The third-order valence-electron chi connectivity index (χ3n) is 1.78. The van der Waals surface area contributed by atoms with Crippen LogP contribution in [0.3, 0.4) is 0 Å². The number of ether oxygens (including phenoxy) is 1. The summed E-state index contributed by atoms with van der Waals surface area (Å²) in [6.07, 6.45) is 0. The number of halogens is 2. The maximum Gasteiger partial charge on any atom is 0.156 e. The van der Waals surface area contributed by atoms with Crippen molar-refractivity contribution in [3.8, 4) is 5.75 Å². The molecule has 0 bridgehead atoms. The fourth-order valence-electron chi connectivity index (χ4n) is 1.04. The fourth-order valence-corrected chi connectivity index (χ4v) is 1.68. The zero-order valence-electron chi connectivity index (χ0n) is 7.82. The molecule has 0 heterocycles. The van der Waals surface area contributed by atoms with Crippen molar-refractivity contribution in [1.29, 1.82) is 0 Å². The molecule has 0 aromatic heterocycles. The smallest absolute Gasteiger partial charge is 0.156 e. The Balaban J connectivity index is 3.20. The Morgan fingerprint density at radius 3 is 1.92 bits per heavy atom. The minimum atomic E-state index is 0.535. The molecule has 0 aliphatic rings. The summed E-state index contributed by atoms with van der Waals surface area (Å²) in [7, 11) is 1.55. The van der Waals surface area contributed by atoms with Gasteiger partial charge in [-0.1, -0.05) is 37.0 Å². The van der Waals surface area contributed by atoms with Crippen LogP contribution >= 0.6 is 23.2 Å². The second-order valence-corrected chi connectivity index (χ2v) is 3.79. The first kappa shape index (κ1) is 10.7. The zero-order valence-corrected chi connectivity index (χ0v) is 9.33. The number of rotatable bonds is 2. The fraction of sp³-hybridized carbons (Fsp3) is 0.300. The third-order valence-corrected chi connectivity index (χ3v) is 2.34. The SMILES string of the molecule is COc1c(Cl)cc([C](C)C)cc1Cl. The summed E-state index contributed by atoms with van der Waals surface area (Å²) in [6.45, 7) is 4.02. The van der Waals surface area contributed by atoms with Gasteiger partial charge in [0.15, 0.2) is 5.75 Å². The van der Waals surface area contributed by atoms with Gasteiger partial charge in [-0.05, 0) is 23.6 Å². The van der Waals surface area contributed by atoms with Gasteiger partial charge in [0, 0.05) is 0 Å². The van der Waals surface area contributed by atoms with E-state index in [1.165, 1.54) is 5.92 Å². The highest BCUT2D eigenvalue weighted by Crippen LogP contribution is 2.35. The standard InChI is InChI=1S/C10H11Cl2O/c1-6(2)7-4-8(11)10(13-3)9(12)5-7/h4-5H,1-3H3. The van der Waals surface area contributed by atoms with Crippen molar-refractivity contribution in [1.82, 2.24) is 0 Å². The molecule has 1 aromatic carbocycles.